The Hall–Kier alpha value is -2.46. The van der Waals surface area contributed by atoms with Gasteiger partial charge in [-0.15, -0.1) is 0 Å². The number of rotatable bonds is 3. The van der Waals surface area contributed by atoms with E-state index in [-0.39, 0.29) is 11.8 Å². The molecule has 1 atom stereocenters. The van der Waals surface area contributed by atoms with Crippen LogP contribution in [-0.4, -0.2) is 4.98 Å². The molecule has 3 aromatic rings. The number of nitrogens with zero attached hydrogens (tertiary/aromatic N) is 1. The highest BCUT2D eigenvalue weighted by Crippen LogP contribution is 2.34. The van der Waals surface area contributed by atoms with Gasteiger partial charge in [0.2, 0.25) is 0 Å². The summed E-state index contributed by atoms with van der Waals surface area (Å²) >= 11 is 0. The molecule has 0 fully saturated rings. The maximum atomic E-state index is 14.1. The molecule has 2 aromatic carbocycles. The van der Waals surface area contributed by atoms with Gasteiger partial charge in [0.15, 0.2) is 11.6 Å². The first-order valence-electron chi connectivity index (χ1n) is 6.72. The molecule has 106 valence electrons. The van der Waals surface area contributed by atoms with E-state index in [0.717, 1.165) is 10.9 Å². The number of fused-ring (bicyclic) bond motifs is 1. The summed E-state index contributed by atoms with van der Waals surface area (Å²) < 4.78 is 19.9. The van der Waals surface area contributed by atoms with Gasteiger partial charge in [0.05, 0.1) is 5.52 Å². The molecule has 3 nitrogen and oxygen atoms in total. The maximum Gasteiger partial charge on any atom is 0.167 e. The molecule has 0 amide bonds. The monoisotopic (exact) mass is 282 g/mol. The van der Waals surface area contributed by atoms with Gasteiger partial charge in [-0.1, -0.05) is 18.2 Å². The lowest BCUT2D eigenvalue weighted by Crippen LogP contribution is -2.07. The van der Waals surface area contributed by atoms with Crippen LogP contribution in [0.3, 0.4) is 0 Å². The molecule has 0 spiro atoms. The quantitative estimate of drug-likeness (QED) is 0.783. The number of ether oxygens (including phenoxy) is 1. The van der Waals surface area contributed by atoms with Crippen LogP contribution in [0.15, 0.2) is 54.7 Å². The van der Waals surface area contributed by atoms with E-state index in [2.05, 4.69) is 4.98 Å². The fraction of sp³-hybridized carbons (Fsp3) is 0.118. The molecule has 0 aliphatic carbocycles. The SMILES string of the molecule is CC(N)c1cccc(F)c1Oc1cccc2ncccc12. The van der Waals surface area contributed by atoms with Gasteiger partial charge in [-0.25, -0.2) is 4.39 Å². The lowest BCUT2D eigenvalue weighted by Gasteiger charge is -2.15. The van der Waals surface area contributed by atoms with Gasteiger partial charge in [-0.3, -0.25) is 4.98 Å². The van der Waals surface area contributed by atoms with Crippen LogP contribution in [0, 0.1) is 5.82 Å². The van der Waals surface area contributed by atoms with E-state index in [0.29, 0.717) is 11.3 Å². The largest absolute Gasteiger partial charge is 0.453 e. The van der Waals surface area contributed by atoms with Crippen LogP contribution >= 0.6 is 0 Å². The zero-order valence-electron chi connectivity index (χ0n) is 11.6. The van der Waals surface area contributed by atoms with Crippen molar-refractivity contribution < 1.29 is 9.13 Å². The molecule has 1 unspecified atom stereocenters. The zero-order valence-corrected chi connectivity index (χ0v) is 11.6. The van der Waals surface area contributed by atoms with Crippen molar-refractivity contribution in [1.82, 2.24) is 4.98 Å². The minimum atomic E-state index is -0.425. The van der Waals surface area contributed by atoms with Crippen LogP contribution in [0.25, 0.3) is 10.9 Å². The summed E-state index contributed by atoms with van der Waals surface area (Å²) in [6.07, 6.45) is 1.71. The third kappa shape index (κ3) is 2.58. The third-order valence-corrected chi connectivity index (χ3v) is 3.31. The number of hydrogen-bond acceptors (Lipinski definition) is 3. The predicted octanol–water partition coefficient (Wildman–Crippen LogP) is 4.19. The topological polar surface area (TPSA) is 48.1 Å². The smallest absolute Gasteiger partial charge is 0.167 e. The van der Waals surface area contributed by atoms with Crippen molar-refractivity contribution in [3.05, 3.63) is 66.1 Å². The van der Waals surface area contributed by atoms with E-state index in [1.54, 1.807) is 31.3 Å². The number of halogens is 1. The molecular weight excluding hydrogens is 267 g/mol. The van der Waals surface area contributed by atoms with Crippen LogP contribution < -0.4 is 10.5 Å². The van der Waals surface area contributed by atoms with Crippen molar-refractivity contribution >= 4 is 10.9 Å². The summed E-state index contributed by atoms with van der Waals surface area (Å²) in [6, 6.07) is 13.7. The molecule has 1 aromatic heterocycles. The first-order chi connectivity index (χ1) is 10.2. The summed E-state index contributed by atoms with van der Waals surface area (Å²) in [5.74, 6) is 0.308. The van der Waals surface area contributed by atoms with E-state index in [1.165, 1.54) is 6.07 Å². The molecule has 0 aliphatic rings. The fourth-order valence-electron chi connectivity index (χ4n) is 2.27. The van der Waals surface area contributed by atoms with E-state index >= 15 is 0 Å². The second kappa shape index (κ2) is 5.50. The van der Waals surface area contributed by atoms with Gasteiger partial charge in [-0.2, -0.15) is 0 Å². The highest BCUT2D eigenvalue weighted by atomic mass is 19.1. The Balaban J connectivity index is 2.11. The lowest BCUT2D eigenvalue weighted by atomic mass is 10.1. The number of pyridine rings is 1. The van der Waals surface area contributed by atoms with Crippen LogP contribution in [-0.2, 0) is 0 Å². The summed E-state index contributed by atoms with van der Waals surface area (Å²) in [6.45, 7) is 1.80. The molecule has 4 heteroatoms. The van der Waals surface area contributed by atoms with Gasteiger partial charge in [0.1, 0.15) is 5.75 Å². The lowest BCUT2D eigenvalue weighted by molar-refractivity contribution is 0.436. The number of nitrogens with two attached hydrogens (primary N) is 1. The Bertz CT molecular complexity index is 781. The number of hydrogen-bond donors (Lipinski definition) is 1. The van der Waals surface area contributed by atoms with E-state index in [1.807, 2.05) is 24.3 Å². The Morgan fingerprint density at radius 2 is 1.90 bits per heavy atom. The maximum absolute atomic E-state index is 14.1. The van der Waals surface area contributed by atoms with Gasteiger partial charge in [0.25, 0.3) is 0 Å². The molecule has 0 saturated heterocycles. The van der Waals surface area contributed by atoms with Gasteiger partial charge < -0.3 is 10.5 Å². The van der Waals surface area contributed by atoms with E-state index in [4.69, 9.17) is 10.5 Å². The van der Waals surface area contributed by atoms with Crippen LogP contribution in [0.1, 0.15) is 18.5 Å². The minimum absolute atomic E-state index is 0.170. The summed E-state index contributed by atoms with van der Waals surface area (Å²) in [4.78, 5) is 4.27. The number of para-hydroxylation sites is 1. The van der Waals surface area contributed by atoms with Gasteiger partial charge in [0, 0.05) is 23.2 Å². The van der Waals surface area contributed by atoms with Crippen molar-refractivity contribution in [1.29, 1.82) is 0 Å². The minimum Gasteiger partial charge on any atom is -0.453 e. The third-order valence-electron chi connectivity index (χ3n) is 3.31. The summed E-state index contributed by atoms with van der Waals surface area (Å²) in [7, 11) is 0. The molecule has 0 aliphatic heterocycles. The van der Waals surface area contributed by atoms with Crippen molar-refractivity contribution in [3.8, 4) is 11.5 Å². The standard InChI is InChI=1S/C17H15FN2O/c1-11(19)12-5-2-7-14(18)17(12)21-16-9-3-8-15-13(16)6-4-10-20-15/h2-11H,19H2,1H3. The van der Waals surface area contributed by atoms with E-state index < -0.39 is 5.82 Å². The summed E-state index contributed by atoms with van der Waals surface area (Å²) in [5, 5.41) is 0.832. The summed E-state index contributed by atoms with van der Waals surface area (Å²) in [5.41, 5.74) is 7.33. The molecule has 0 saturated carbocycles. The first kappa shape index (κ1) is 13.5. The second-order valence-electron chi connectivity index (χ2n) is 4.88. The zero-order chi connectivity index (χ0) is 14.8. The Morgan fingerprint density at radius 3 is 2.71 bits per heavy atom. The Morgan fingerprint density at radius 1 is 1.10 bits per heavy atom. The van der Waals surface area contributed by atoms with Crippen molar-refractivity contribution in [2.45, 2.75) is 13.0 Å². The number of aromatic nitrogens is 1. The van der Waals surface area contributed by atoms with Crippen molar-refractivity contribution in [3.63, 3.8) is 0 Å². The highest BCUT2D eigenvalue weighted by Gasteiger charge is 2.15. The molecule has 2 N–H and O–H groups in total. The average molecular weight is 282 g/mol. The molecule has 3 rings (SSSR count). The van der Waals surface area contributed by atoms with Crippen LogP contribution in [0.4, 0.5) is 4.39 Å². The van der Waals surface area contributed by atoms with Crippen LogP contribution in [0.2, 0.25) is 0 Å². The number of benzene rings is 2. The Kier molecular flexibility index (Phi) is 3.54. The highest BCUT2D eigenvalue weighted by molar-refractivity contribution is 5.85. The van der Waals surface area contributed by atoms with Gasteiger partial charge >= 0.3 is 0 Å². The van der Waals surface area contributed by atoms with Crippen molar-refractivity contribution in [2.24, 2.45) is 5.73 Å². The average Bonchev–Trinajstić information content (AvgIpc) is 2.49. The molecule has 0 bridgehead atoms. The molecule has 0 radical (unpaired) electrons. The second-order valence-corrected chi connectivity index (χ2v) is 4.88. The molecule has 21 heavy (non-hydrogen) atoms. The fourth-order valence-corrected chi connectivity index (χ4v) is 2.27. The normalized spacial score (nSPS) is 12.3. The molecular formula is C17H15FN2O. The first-order valence-corrected chi connectivity index (χ1v) is 6.72. The van der Waals surface area contributed by atoms with Crippen LogP contribution in [0.5, 0.6) is 11.5 Å². The Labute approximate surface area is 122 Å². The van der Waals surface area contributed by atoms with Gasteiger partial charge in [-0.05, 0) is 37.3 Å². The van der Waals surface area contributed by atoms with Crippen molar-refractivity contribution in [2.75, 3.05) is 0 Å². The molecule has 1 heterocycles. The van der Waals surface area contributed by atoms with E-state index in [9.17, 15) is 4.39 Å². The predicted molar refractivity (Wildman–Crippen MR) is 80.8 cm³/mol.